The van der Waals surface area contributed by atoms with Crippen LogP contribution in [0, 0.1) is 5.82 Å². The lowest BCUT2D eigenvalue weighted by molar-refractivity contribution is -0.121. The summed E-state index contributed by atoms with van der Waals surface area (Å²) in [7, 11) is 0. The maximum atomic E-state index is 12.8. The molecule has 0 aliphatic rings. The molecule has 0 aliphatic carbocycles. The van der Waals surface area contributed by atoms with Crippen molar-refractivity contribution >= 4 is 34.8 Å². The van der Waals surface area contributed by atoms with Gasteiger partial charge in [0.25, 0.3) is 5.91 Å². The van der Waals surface area contributed by atoms with Crippen LogP contribution in [0.5, 0.6) is 0 Å². The number of hydrogen-bond donors (Lipinski definition) is 1. The van der Waals surface area contributed by atoms with Gasteiger partial charge in [0, 0.05) is 13.1 Å². The van der Waals surface area contributed by atoms with Gasteiger partial charge in [-0.3, -0.25) is 9.59 Å². The number of halogens is 2. The van der Waals surface area contributed by atoms with Gasteiger partial charge < -0.3 is 10.2 Å². The Kier molecular flexibility index (Phi) is 6.12. The van der Waals surface area contributed by atoms with Gasteiger partial charge >= 0.3 is 0 Å². The first kappa shape index (κ1) is 17.4. The van der Waals surface area contributed by atoms with Gasteiger partial charge in [-0.05, 0) is 36.8 Å². The van der Waals surface area contributed by atoms with Gasteiger partial charge in [-0.1, -0.05) is 23.7 Å². The van der Waals surface area contributed by atoms with E-state index in [1.165, 1.54) is 28.4 Å². The highest BCUT2D eigenvalue weighted by Crippen LogP contribution is 2.22. The van der Waals surface area contributed by atoms with Crippen LogP contribution >= 0.6 is 22.9 Å². The van der Waals surface area contributed by atoms with Gasteiger partial charge in [-0.15, -0.1) is 11.3 Å². The van der Waals surface area contributed by atoms with Crippen LogP contribution in [-0.2, 0) is 11.3 Å². The van der Waals surface area contributed by atoms with Crippen LogP contribution in [0.1, 0.15) is 22.2 Å². The number of likely N-dealkylation sites (N-methyl/N-ethyl adjacent to an activating group) is 1. The van der Waals surface area contributed by atoms with Crippen molar-refractivity contribution in [3.8, 4) is 0 Å². The molecule has 1 N–H and O–H groups in total. The lowest BCUT2D eigenvalue weighted by Crippen LogP contribution is -2.40. The molecule has 0 atom stereocenters. The molecule has 0 spiro atoms. The van der Waals surface area contributed by atoms with Crippen LogP contribution in [0.4, 0.5) is 4.39 Å². The number of benzene rings is 1. The number of nitrogens with zero attached hydrogens (tertiary/aromatic N) is 1. The lowest BCUT2D eigenvalue weighted by Gasteiger charge is -2.19. The number of carbonyl (C=O) groups is 2. The van der Waals surface area contributed by atoms with Crippen molar-refractivity contribution in [2.45, 2.75) is 13.5 Å². The molecule has 0 fully saturated rings. The molecular formula is C16H16ClFN2O2S. The first-order chi connectivity index (χ1) is 11.0. The fourth-order valence-corrected chi connectivity index (χ4v) is 2.96. The van der Waals surface area contributed by atoms with Crippen molar-refractivity contribution in [3.63, 3.8) is 0 Å². The second-order valence-corrected chi connectivity index (χ2v) is 6.54. The number of thiophene rings is 1. The van der Waals surface area contributed by atoms with Crippen molar-refractivity contribution in [2.75, 3.05) is 13.1 Å². The van der Waals surface area contributed by atoms with Crippen molar-refractivity contribution in [1.29, 1.82) is 0 Å². The molecule has 1 heterocycles. The van der Waals surface area contributed by atoms with E-state index >= 15 is 0 Å². The van der Waals surface area contributed by atoms with E-state index in [4.69, 9.17) is 11.6 Å². The molecule has 23 heavy (non-hydrogen) atoms. The van der Waals surface area contributed by atoms with Gasteiger partial charge in [0.2, 0.25) is 5.91 Å². The Morgan fingerprint density at radius 1 is 1.22 bits per heavy atom. The molecule has 2 aromatic rings. The van der Waals surface area contributed by atoms with Crippen molar-refractivity contribution in [2.24, 2.45) is 0 Å². The summed E-state index contributed by atoms with van der Waals surface area (Å²) in [6.45, 7) is 2.47. The third-order valence-corrected chi connectivity index (χ3v) is 4.41. The Bertz CT molecular complexity index is 688. The van der Waals surface area contributed by atoms with Gasteiger partial charge in [0.1, 0.15) is 5.82 Å². The molecule has 1 aromatic heterocycles. The summed E-state index contributed by atoms with van der Waals surface area (Å²) >= 11 is 7.01. The second kappa shape index (κ2) is 8.08. The van der Waals surface area contributed by atoms with E-state index < -0.39 is 0 Å². The molecule has 2 rings (SSSR count). The SMILES string of the molecule is CCN(CC(=O)NCc1ccc(F)cc1)C(=O)c1ccc(Cl)s1. The first-order valence-electron chi connectivity index (χ1n) is 7.05. The van der Waals surface area contributed by atoms with Crippen LogP contribution in [0.2, 0.25) is 4.34 Å². The predicted molar refractivity (Wildman–Crippen MR) is 89.2 cm³/mol. The van der Waals surface area contributed by atoms with Crippen molar-refractivity contribution in [3.05, 3.63) is 57.0 Å². The van der Waals surface area contributed by atoms with E-state index in [0.717, 1.165) is 5.56 Å². The minimum absolute atomic E-state index is 0.0357. The summed E-state index contributed by atoms with van der Waals surface area (Å²) in [5, 5.41) is 2.72. The zero-order valence-electron chi connectivity index (χ0n) is 12.5. The van der Waals surface area contributed by atoms with Gasteiger partial charge in [0.15, 0.2) is 0 Å². The molecule has 1 aromatic carbocycles. The van der Waals surface area contributed by atoms with Crippen molar-refractivity contribution in [1.82, 2.24) is 10.2 Å². The van der Waals surface area contributed by atoms with Gasteiger partial charge in [-0.25, -0.2) is 4.39 Å². The minimum atomic E-state index is -0.322. The Hall–Kier alpha value is -1.92. The Balaban J connectivity index is 1.89. The average Bonchev–Trinajstić information content (AvgIpc) is 2.98. The number of hydrogen-bond acceptors (Lipinski definition) is 3. The first-order valence-corrected chi connectivity index (χ1v) is 8.24. The molecule has 0 saturated carbocycles. The van der Waals surface area contributed by atoms with E-state index in [1.54, 1.807) is 31.2 Å². The monoisotopic (exact) mass is 354 g/mol. The summed E-state index contributed by atoms with van der Waals surface area (Å²) in [6, 6.07) is 9.18. The molecule has 0 bridgehead atoms. The molecule has 122 valence electrons. The van der Waals surface area contributed by atoms with Crippen LogP contribution in [0.25, 0.3) is 0 Å². The smallest absolute Gasteiger partial charge is 0.264 e. The zero-order chi connectivity index (χ0) is 16.8. The minimum Gasteiger partial charge on any atom is -0.350 e. The summed E-state index contributed by atoms with van der Waals surface area (Å²) in [5.74, 6) is -0.814. The molecule has 0 unspecified atom stereocenters. The fraction of sp³-hybridized carbons (Fsp3) is 0.250. The molecule has 4 nitrogen and oxygen atoms in total. The lowest BCUT2D eigenvalue weighted by atomic mass is 10.2. The molecular weight excluding hydrogens is 339 g/mol. The summed E-state index contributed by atoms with van der Waals surface area (Å²) in [6.07, 6.45) is 0. The standard InChI is InChI=1S/C16H16ClFN2O2S/c1-2-20(16(22)13-7-8-14(17)23-13)10-15(21)19-9-11-3-5-12(18)6-4-11/h3-8H,2,9-10H2,1H3,(H,19,21). The molecule has 2 amide bonds. The third kappa shape index (κ3) is 5.04. The second-order valence-electron chi connectivity index (χ2n) is 4.83. The fourth-order valence-electron chi connectivity index (χ4n) is 1.94. The van der Waals surface area contributed by atoms with Crippen LogP contribution in [0.3, 0.4) is 0 Å². The average molecular weight is 355 g/mol. The number of rotatable bonds is 6. The summed E-state index contributed by atoms with van der Waals surface area (Å²) < 4.78 is 13.3. The Morgan fingerprint density at radius 2 is 1.91 bits per heavy atom. The van der Waals surface area contributed by atoms with E-state index in [-0.39, 0.29) is 30.7 Å². The molecule has 7 heteroatoms. The van der Waals surface area contributed by atoms with E-state index in [0.29, 0.717) is 15.8 Å². The number of carbonyl (C=O) groups excluding carboxylic acids is 2. The Morgan fingerprint density at radius 3 is 2.48 bits per heavy atom. The highest BCUT2D eigenvalue weighted by Gasteiger charge is 2.18. The van der Waals surface area contributed by atoms with Crippen LogP contribution < -0.4 is 5.32 Å². The Labute approximate surface area is 142 Å². The maximum absolute atomic E-state index is 12.8. The maximum Gasteiger partial charge on any atom is 0.264 e. The van der Waals surface area contributed by atoms with Gasteiger partial charge in [-0.2, -0.15) is 0 Å². The van der Waals surface area contributed by atoms with E-state index in [2.05, 4.69) is 5.32 Å². The van der Waals surface area contributed by atoms with Crippen molar-refractivity contribution < 1.29 is 14.0 Å². The molecule has 0 aliphatic heterocycles. The quantitative estimate of drug-likeness (QED) is 0.865. The van der Waals surface area contributed by atoms with Gasteiger partial charge in [0.05, 0.1) is 15.8 Å². The zero-order valence-corrected chi connectivity index (χ0v) is 14.1. The van der Waals surface area contributed by atoms with E-state index in [9.17, 15) is 14.0 Å². The molecule has 0 radical (unpaired) electrons. The number of nitrogens with one attached hydrogen (secondary N) is 1. The topological polar surface area (TPSA) is 49.4 Å². The van der Waals surface area contributed by atoms with Crippen LogP contribution in [0.15, 0.2) is 36.4 Å². The summed E-state index contributed by atoms with van der Waals surface area (Å²) in [4.78, 5) is 26.2. The highest BCUT2D eigenvalue weighted by molar-refractivity contribution is 7.17. The van der Waals surface area contributed by atoms with E-state index in [1.807, 2.05) is 0 Å². The van der Waals surface area contributed by atoms with Crippen LogP contribution in [-0.4, -0.2) is 29.8 Å². The largest absolute Gasteiger partial charge is 0.350 e. The molecule has 0 saturated heterocycles. The third-order valence-electron chi connectivity index (χ3n) is 3.19. The normalized spacial score (nSPS) is 10.4. The predicted octanol–water partition coefficient (Wildman–Crippen LogP) is 3.32. The summed E-state index contributed by atoms with van der Waals surface area (Å²) in [5.41, 5.74) is 0.791. The highest BCUT2D eigenvalue weighted by atomic mass is 35.5. The number of amides is 2.